The number of nitrogens with zero attached hydrogens (tertiary/aromatic N) is 1. The predicted octanol–water partition coefficient (Wildman–Crippen LogP) is 1.45. The molecule has 1 rings (SSSR count). The van der Waals surface area contributed by atoms with Crippen molar-refractivity contribution >= 4 is 0 Å². The number of morpholine rings is 1. The van der Waals surface area contributed by atoms with Gasteiger partial charge in [-0.25, -0.2) is 4.39 Å². The van der Waals surface area contributed by atoms with Gasteiger partial charge in [0.05, 0.1) is 13.2 Å². The topological polar surface area (TPSA) is 12.5 Å². The lowest BCUT2D eigenvalue weighted by molar-refractivity contribution is 0.0403. The smallest absolute Gasteiger partial charge is 0.221 e. The molecule has 11 heavy (non-hydrogen) atoms. The second kappa shape index (κ2) is 3.67. The first kappa shape index (κ1) is 8.46. The molecule has 1 saturated heterocycles. The van der Waals surface area contributed by atoms with Gasteiger partial charge in [-0.3, -0.25) is 0 Å². The van der Waals surface area contributed by atoms with Crippen LogP contribution in [-0.4, -0.2) is 31.2 Å². The van der Waals surface area contributed by atoms with Crippen molar-refractivity contribution in [1.29, 1.82) is 0 Å². The van der Waals surface area contributed by atoms with Crippen molar-refractivity contribution in [1.82, 2.24) is 4.90 Å². The quantitative estimate of drug-likeness (QED) is 0.542. The Hall–Kier alpha value is -0.640. The molecule has 0 spiro atoms. The SMILES string of the molecule is C/C(F)=C(\F)N1CCOCC1. The molecule has 1 aliphatic heterocycles. The monoisotopic (exact) mass is 163 g/mol. The number of hydrogen-bond donors (Lipinski definition) is 0. The normalized spacial score (nSPS) is 21.5. The first-order valence-electron chi connectivity index (χ1n) is 3.56. The molecular weight excluding hydrogens is 152 g/mol. The second-order valence-corrected chi connectivity index (χ2v) is 2.42. The lowest BCUT2D eigenvalue weighted by atomic mass is 10.4. The van der Waals surface area contributed by atoms with Gasteiger partial charge in [0.1, 0.15) is 5.83 Å². The van der Waals surface area contributed by atoms with Crippen LogP contribution >= 0.6 is 0 Å². The third kappa shape index (κ3) is 2.15. The van der Waals surface area contributed by atoms with E-state index in [4.69, 9.17) is 4.74 Å². The van der Waals surface area contributed by atoms with E-state index in [1.54, 1.807) is 0 Å². The molecule has 0 amide bonds. The summed E-state index contributed by atoms with van der Waals surface area (Å²) < 4.78 is 30.1. The summed E-state index contributed by atoms with van der Waals surface area (Å²) in [6.45, 7) is 2.94. The van der Waals surface area contributed by atoms with Crippen LogP contribution in [0.2, 0.25) is 0 Å². The zero-order valence-electron chi connectivity index (χ0n) is 6.44. The van der Waals surface area contributed by atoms with Gasteiger partial charge in [0.15, 0.2) is 0 Å². The highest BCUT2D eigenvalue weighted by Gasteiger charge is 2.15. The molecule has 1 aliphatic rings. The molecule has 0 aliphatic carbocycles. The number of hydrogen-bond acceptors (Lipinski definition) is 2. The Morgan fingerprint density at radius 2 is 1.82 bits per heavy atom. The van der Waals surface area contributed by atoms with E-state index in [1.165, 1.54) is 4.90 Å². The first-order chi connectivity index (χ1) is 5.22. The van der Waals surface area contributed by atoms with Crippen molar-refractivity contribution in [2.45, 2.75) is 6.92 Å². The molecular formula is C7H11F2NO. The molecule has 0 aromatic rings. The molecule has 4 heteroatoms. The fourth-order valence-electron chi connectivity index (χ4n) is 0.978. The van der Waals surface area contributed by atoms with Crippen molar-refractivity contribution < 1.29 is 13.5 Å². The van der Waals surface area contributed by atoms with Gasteiger partial charge in [0.25, 0.3) is 0 Å². The predicted molar refractivity (Wildman–Crippen MR) is 37.3 cm³/mol. The molecule has 0 bridgehead atoms. The maximum absolute atomic E-state index is 12.8. The van der Waals surface area contributed by atoms with Crippen molar-refractivity contribution in [2.24, 2.45) is 0 Å². The molecule has 0 saturated carbocycles. The Kier molecular flexibility index (Phi) is 2.82. The lowest BCUT2D eigenvalue weighted by Crippen LogP contribution is -2.34. The minimum Gasteiger partial charge on any atom is -0.378 e. The highest BCUT2D eigenvalue weighted by atomic mass is 19.2. The first-order valence-corrected chi connectivity index (χ1v) is 3.56. The summed E-state index contributed by atoms with van der Waals surface area (Å²) in [6, 6.07) is 0. The molecule has 1 fully saturated rings. The summed E-state index contributed by atoms with van der Waals surface area (Å²) in [5, 5.41) is 0. The van der Waals surface area contributed by atoms with Gasteiger partial charge in [0.2, 0.25) is 5.95 Å². The van der Waals surface area contributed by atoms with E-state index in [2.05, 4.69) is 0 Å². The van der Waals surface area contributed by atoms with Crippen LogP contribution in [0.15, 0.2) is 11.8 Å². The Balaban J connectivity index is 2.52. The van der Waals surface area contributed by atoms with E-state index < -0.39 is 11.8 Å². The number of rotatable bonds is 1. The number of halogens is 2. The molecule has 1 heterocycles. The van der Waals surface area contributed by atoms with Crippen LogP contribution < -0.4 is 0 Å². The van der Waals surface area contributed by atoms with Crippen LogP contribution in [0.4, 0.5) is 8.78 Å². The largest absolute Gasteiger partial charge is 0.378 e. The lowest BCUT2D eigenvalue weighted by Gasteiger charge is -2.26. The Bertz CT molecular complexity index is 160. The summed E-state index contributed by atoms with van der Waals surface area (Å²) >= 11 is 0. The zero-order chi connectivity index (χ0) is 8.27. The third-order valence-electron chi connectivity index (χ3n) is 1.57. The van der Waals surface area contributed by atoms with Gasteiger partial charge in [-0.2, -0.15) is 4.39 Å². The average Bonchev–Trinajstić information content (AvgIpc) is 2.05. The molecule has 0 N–H and O–H groups in total. The molecule has 2 nitrogen and oxygen atoms in total. The maximum Gasteiger partial charge on any atom is 0.221 e. The minimum atomic E-state index is -0.758. The summed E-state index contributed by atoms with van der Waals surface area (Å²) in [5.41, 5.74) is 0. The molecule has 0 unspecified atom stereocenters. The van der Waals surface area contributed by atoms with Gasteiger partial charge in [0, 0.05) is 13.1 Å². The van der Waals surface area contributed by atoms with E-state index in [0.29, 0.717) is 26.3 Å². The summed E-state index contributed by atoms with van der Waals surface area (Å²) in [5.74, 6) is -1.51. The number of ether oxygens (including phenoxy) is 1. The van der Waals surface area contributed by atoms with Crippen molar-refractivity contribution in [3.8, 4) is 0 Å². The fourth-order valence-corrected chi connectivity index (χ4v) is 0.978. The van der Waals surface area contributed by atoms with Crippen LogP contribution in [0.1, 0.15) is 6.92 Å². The van der Waals surface area contributed by atoms with E-state index >= 15 is 0 Å². The van der Waals surface area contributed by atoms with Gasteiger partial charge < -0.3 is 9.64 Å². The van der Waals surface area contributed by atoms with E-state index in [9.17, 15) is 8.78 Å². The summed E-state index contributed by atoms with van der Waals surface area (Å²) in [4.78, 5) is 1.35. The van der Waals surface area contributed by atoms with E-state index in [-0.39, 0.29) is 0 Å². The van der Waals surface area contributed by atoms with E-state index in [0.717, 1.165) is 6.92 Å². The number of allylic oxidation sites excluding steroid dienone is 1. The molecule has 0 atom stereocenters. The van der Waals surface area contributed by atoms with Gasteiger partial charge in [-0.1, -0.05) is 0 Å². The Morgan fingerprint density at radius 3 is 2.27 bits per heavy atom. The highest BCUT2D eigenvalue weighted by Crippen LogP contribution is 2.13. The van der Waals surface area contributed by atoms with Crippen LogP contribution in [0.5, 0.6) is 0 Å². The molecule has 0 radical (unpaired) electrons. The van der Waals surface area contributed by atoms with Crippen molar-refractivity contribution in [3.63, 3.8) is 0 Å². The standard InChI is InChI=1S/C7H11F2NO/c1-6(8)7(9)10-2-4-11-5-3-10/h2-5H2,1H3/b7-6-. The van der Waals surface area contributed by atoms with Gasteiger partial charge >= 0.3 is 0 Å². The third-order valence-corrected chi connectivity index (χ3v) is 1.57. The average molecular weight is 163 g/mol. The Morgan fingerprint density at radius 1 is 1.27 bits per heavy atom. The minimum absolute atomic E-state index is 0.438. The highest BCUT2D eigenvalue weighted by molar-refractivity contribution is 4.96. The van der Waals surface area contributed by atoms with Gasteiger partial charge in [-0.15, -0.1) is 0 Å². The van der Waals surface area contributed by atoms with Crippen molar-refractivity contribution in [3.05, 3.63) is 11.8 Å². The summed E-state index contributed by atoms with van der Waals surface area (Å²) in [6.07, 6.45) is 0. The van der Waals surface area contributed by atoms with Crippen LogP contribution in [-0.2, 0) is 4.74 Å². The Labute approximate surface area is 64.4 Å². The van der Waals surface area contributed by atoms with Gasteiger partial charge in [-0.05, 0) is 6.92 Å². The molecule has 0 aromatic heterocycles. The maximum atomic E-state index is 12.8. The summed E-state index contributed by atoms with van der Waals surface area (Å²) in [7, 11) is 0. The van der Waals surface area contributed by atoms with Crippen LogP contribution in [0.3, 0.4) is 0 Å². The van der Waals surface area contributed by atoms with Crippen molar-refractivity contribution in [2.75, 3.05) is 26.3 Å². The van der Waals surface area contributed by atoms with Crippen LogP contribution in [0.25, 0.3) is 0 Å². The molecule has 64 valence electrons. The zero-order valence-corrected chi connectivity index (χ0v) is 6.44. The van der Waals surface area contributed by atoms with Crippen LogP contribution in [0, 0.1) is 0 Å². The second-order valence-electron chi connectivity index (χ2n) is 2.42. The molecule has 0 aromatic carbocycles. The van der Waals surface area contributed by atoms with E-state index in [1.807, 2.05) is 0 Å². The fraction of sp³-hybridized carbons (Fsp3) is 0.714.